The van der Waals surface area contributed by atoms with Gasteiger partial charge in [0.15, 0.2) is 11.5 Å². The molecule has 47 heavy (non-hydrogen) atoms. The van der Waals surface area contributed by atoms with Crippen LogP contribution in [0.3, 0.4) is 0 Å². The average Bonchev–Trinajstić information content (AvgIpc) is 3.06. The van der Waals surface area contributed by atoms with Gasteiger partial charge < -0.3 is 19.7 Å². The summed E-state index contributed by atoms with van der Waals surface area (Å²) in [6.07, 6.45) is 0.128. The molecule has 248 valence electrons. The van der Waals surface area contributed by atoms with Crippen molar-refractivity contribution in [3.05, 3.63) is 118 Å². The summed E-state index contributed by atoms with van der Waals surface area (Å²) in [6, 6.07) is 21.5. The van der Waals surface area contributed by atoms with E-state index in [-0.39, 0.29) is 34.3 Å². The van der Waals surface area contributed by atoms with Crippen molar-refractivity contribution in [3.63, 3.8) is 0 Å². The molecule has 1 N–H and O–H groups in total. The highest BCUT2D eigenvalue weighted by atomic mass is 35.5. The Balaban J connectivity index is 1.83. The van der Waals surface area contributed by atoms with E-state index in [0.717, 1.165) is 22.0 Å². The molecule has 13 heteroatoms. The van der Waals surface area contributed by atoms with Crippen molar-refractivity contribution in [3.8, 4) is 11.5 Å². The number of anilines is 1. The van der Waals surface area contributed by atoms with Gasteiger partial charge in [-0.1, -0.05) is 59.6 Å². The molecule has 4 aromatic carbocycles. The number of halogens is 3. The number of benzene rings is 4. The molecule has 9 nitrogen and oxygen atoms in total. The second-order valence-electron chi connectivity index (χ2n) is 10.4. The smallest absolute Gasteiger partial charge is 0.264 e. The molecule has 0 fully saturated rings. The largest absolute Gasteiger partial charge is 0.493 e. The number of carbonyl (C=O) groups is 2. The first-order valence-electron chi connectivity index (χ1n) is 14.5. The Labute approximate surface area is 283 Å². The molecule has 0 saturated carbocycles. The molecule has 0 saturated heterocycles. The highest BCUT2D eigenvalue weighted by Crippen LogP contribution is 2.33. The Morgan fingerprint density at radius 2 is 1.57 bits per heavy atom. The molecule has 0 bridgehead atoms. The number of ether oxygens (including phenoxy) is 2. The molecule has 0 aliphatic carbocycles. The van der Waals surface area contributed by atoms with Crippen LogP contribution in [-0.4, -0.2) is 58.5 Å². The highest BCUT2D eigenvalue weighted by Gasteiger charge is 2.35. The van der Waals surface area contributed by atoms with Gasteiger partial charge in [0.1, 0.15) is 18.4 Å². The van der Waals surface area contributed by atoms with Crippen molar-refractivity contribution in [2.75, 3.05) is 31.6 Å². The SMILES string of the molecule is CCNC(=O)[C@H](Cc1ccccc1)N(Cc1ccc(Cl)cc1Cl)C(=O)CN(c1ccc(F)cc1)S(=O)(=O)c1ccc(OC)c(OC)c1. The van der Waals surface area contributed by atoms with E-state index in [1.54, 1.807) is 19.1 Å². The molecule has 0 aliphatic rings. The van der Waals surface area contributed by atoms with Gasteiger partial charge >= 0.3 is 0 Å². The number of hydrogen-bond acceptors (Lipinski definition) is 6. The first-order chi connectivity index (χ1) is 22.5. The highest BCUT2D eigenvalue weighted by molar-refractivity contribution is 7.92. The van der Waals surface area contributed by atoms with Crippen LogP contribution in [0.1, 0.15) is 18.1 Å². The van der Waals surface area contributed by atoms with E-state index in [1.165, 1.54) is 55.5 Å². The van der Waals surface area contributed by atoms with Crippen molar-refractivity contribution in [2.24, 2.45) is 0 Å². The summed E-state index contributed by atoms with van der Waals surface area (Å²) in [5, 5.41) is 3.44. The van der Waals surface area contributed by atoms with Crippen LogP contribution in [0, 0.1) is 5.82 Å². The molecule has 1 atom stereocenters. The molecule has 4 rings (SSSR count). The fourth-order valence-corrected chi connectivity index (χ4v) is 6.82. The van der Waals surface area contributed by atoms with Crippen LogP contribution >= 0.6 is 23.2 Å². The van der Waals surface area contributed by atoms with Crippen LogP contribution in [0.2, 0.25) is 10.0 Å². The standard InChI is InChI=1S/C34H34Cl2FN3O6S/c1-4-38-34(42)30(18-23-8-6-5-7-9-23)39(21-24-10-11-25(35)19-29(24)36)33(41)22-40(27-14-12-26(37)13-15-27)47(43,44)28-16-17-31(45-2)32(20-28)46-3/h5-17,19-20,30H,4,18,21-22H2,1-3H3,(H,38,42)/t30-/m0/s1. The molecule has 0 heterocycles. The zero-order chi connectivity index (χ0) is 34.1. The quantitative estimate of drug-likeness (QED) is 0.170. The van der Waals surface area contributed by atoms with Crippen molar-refractivity contribution in [1.82, 2.24) is 10.2 Å². The molecule has 0 aliphatic heterocycles. The number of hydrogen-bond donors (Lipinski definition) is 1. The Bertz CT molecular complexity index is 1810. The van der Waals surface area contributed by atoms with E-state index in [2.05, 4.69) is 5.32 Å². The Morgan fingerprint density at radius 3 is 2.19 bits per heavy atom. The first-order valence-corrected chi connectivity index (χ1v) is 16.7. The molecular formula is C34H34Cl2FN3O6S. The minimum atomic E-state index is -4.47. The Kier molecular flexibility index (Phi) is 12.1. The molecule has 0 radical (unpaired) electrons. The van der Waals surface area contributed by atoms with E-state index in [4.69, 9.17) is 32.7 Å². The predicted molar refractivity (Wildman–Crippen MR) is 180 cm³/mol. The maximum Gasteiger partial charge on any atom is 0.264 e. The minimum Gasteiger partial charge on any atom is -0.493 e. The number of rotatable bonds is 14. The summed E-state index contributed by atoms with van der Waals surface area (Å²) in [5.41, 5.74) is 1.29. The number of amides is 2. The van der Waals surface area contributed by atoms with Crippen LogP contribution in [0.15, 0.2) is 95.9 Å². The number of sulfonamides is 1. The number of likely N-dealkylation sites (N-methyl/N-ethyl adjacent to an activating group) is 1. The lowest BCUT2D eigenvalue weighted by molar-refractivity contribution is -0.140. The lowest BCUT2D eigenvalue weighted by Crippen LogP contribution is -2.53. The molecule has 0 spiro atoms. The van der Waals surface area contributed by atoms with Crippen LogP contribution < -0.4 is 19.1 Å². The second-order valence-corrected chi connectivity index (χ2v) is 13.1. The fourth-order valence-electron chi connectivity index (χ4n) is 4.92. The van der Waals surface area contributed by atoms with Gasteiger partial charge in [0.25, 0.3) is 10.0 Å². The van der Waals surface area contributed by atoms with Crippen molar-refractivity contribution < 1.29 is 31.9 Å². The third-order valence-electron chi connectivity index (χ3n) is 7.31. The topological polar surface area (TPSA) is 105 Å². The summed E-state index contributed by atoms with van der Waals surface area (Å²) < 4.78 is 53.9. The average molecular weight is 703 g/mol. The van der Waals surface area contributed by atoms with E-state index < -0.39 is 40.2 Å². The normalized spacial score (nSPS) is 11.8. The molecule has 0 unspecified atom stereocenters. The Morgan fingerprint density at radius 1 is 0.894 bits per heavy atom. The van der Waals surface area contributed by atoms with E-state index in [0.29, 0.717) is 22.9 Å². The lowest BCUT2D eigenvalue weighted by atomic mass is 10.0. The number of nitrogens with one attached hydrogen (secondary N) is 1. The maximum absolute atomic E-state index is 14.5. The summed E-state index contributed by atoms with van der Waals surface area (Å²) in [4.78, 5) is 29.2. The maximum atomic E-state index is 14.5. The van der Waals surface area contributed by atoms with Crippen molar-refractivity contribution in [2.45, 2.75) is 30.8 Å². The van der Waals surface area contributed by atoms with Crippen LogP contribution in [0.25, 0.3) is 0 Å². The van der Waals surface area contributed by atoms with E-state index in [9.17, 15) is 22.4 Å². The third-order valence-corrected chi connectivity index (χ3v) is 9.67. The van der Waals surface area contributed by atoms with Gasteiger partial charge in [-0.05, 0) is 66.6 Å². The second kappa shape index (κ2) is 16.0. The van der Waals surface area contributed by atoms with Crippen LogP contribution in [-0.2, 0) is 32.6 Å². The minimum absolute atomic E-state index is 0.0247. The van der Waals surface area contributed by atoms with E-state index in [1.807, 2.05) is 30.3 Å². The van der Waals surface area contributed by atoms with Crippen molar-refractivity contribution >= 4 is 50.7 Å². The Hall–Kier alpha value is -4.32. The van der Waals surface area contributed by atoms with Gasteiger partial charge in [-0.25, -0.2) is 12.8 Å². The van der Waals surface area contributed by atoms with Crippen molar-refractivity contribution in [1.29, 1.82) is 0 Å². The third kappa shape index (κ3) is 8.73. The molecule has 2 amide bonds. The fraction of sp³-hybridized carbons (Fsp3) is 0.235. The molecule has 4 aromatic rings. The van der Waals surface area contributed by atoms with Gasteiger partial charge in [-0.15, -0.1) is 0 Å². The number of methoxy groups -OCH3 is 2. The lowest BCUT2D eigenvalue weighted by Gasteiger charge is -2.34. The number of nitrogens with zero attached hydrogens (tertiary/aromatic N) is 2. The van der Waals surface area contributed by atoms with Gasteiger partial charge in [-0.3, -0.25) is 13.9 Å². The summed E-state index contributed by atoms with van der Waals surface area (Å²) >= 11 is 12.6. The monoisotopic (exact) mass is 701 g/mol. The van der Waals surface area contributed by atoms with Crippen LogP contribution in [0.5, 0.6) is 11.5 Å². The molecule has 0 aromatic heterocycles. The summed E-state index contributed by atoms with van der Waals surface area (Å²) in [7, 11) is -1.69. The van der Waals surface area contributed by atoms with Gasteiger partial charge in [0.2, 0.25) is 11.8 Å². The number of carbonyl (C=O) groups excluding carboxylic acids is 2. The van der Waals surface area contributed by atoms with Gasteiger partial charge in [-0.2, -0.15) is 0 Å². The van der Waals surface area contributed by atoms with Crippen LogP contribution in [0.4, 0.5) is 10.1 Å². The zero-order valence-corrected chi connectivity index (χ0v) is 28.3. The predicted octanol–water partition coefficient (Wildman–Crippen LogP) is 6.12. The summed E-state index contributed by atoms with van der Waals surface area (Å²) in [5.74, 6) is -1.30. The summed E-state index contributed by atoms with van der Waals surface area (Å²) in [6.45, 7) is 1.17. The molecular weight excluding hydrogens is 668 g/mol. The van der Waals surface area contributed by atoms with Gasteiger partial charge in [0, 0.05) is 35.6 Å². The van der Waals surface area contributed by atoms with E-state index >= 15 is 0 Å². The van der Waals surface area contributed by atoms with Gasteiger partial charge in [0.05, 0.1) is 24.8 Å². The first kappa shape index (κ1) is 35.5. The zero-order valence-electron chi connectivity index (χ0n) is 26.0.